The number of aryl methyl sites for hydroxylation is 2. The number of hydrogen-bond acceptors (Lipinski definition) is 3. The second-order valence-electron chi connectivity index (χ2n) is 5.82. The lowest BCUT2D eigenvalue weighted by atomic mass is 10.1. The number of morpholine rings is 1. The van der Waals surface area contributed by atoms with Crippen molar-refractivity contribution in [2.75, 3.05) is 25.0 Å². The second kappa shape index (κ2) is 6.37. The van der Waals surface area contributed by atoms with Gasteiger partial charge in [0.2, 0.25) is 5.91 Å². The lowest BCUT2D eigenvalue weighted by molar-refractivity contribution is -0.121. The fourth-order valence-electron chi connectivity index (χ4n) is 2.76. The molecule has 1 heterocycles. The predicted molar refractivity (Wildman–Crippen MR) is 81.0 cm³/mol. The highest BCUT2D eigenvalue weighted by molar-refractivity contribution is 5.93. The molecule has 1 N–H and O–H groups in total. The van der Waals surface area contributed by atoms with E-state index < -0.39 is 0 Å². The van der Waals surface area contributed by atoms with Crippen LogP contribution >= 0.6 is 0 Å². The van der Waals surface area contributed by atoms with E-state index in [1.54, 1.807) is 0 Å². The van der Waals surface area contributed by atoms with Crippen LogP contribution in [0.1, 0.15) is 25.0 Å². The molecule has 2 unspecified atom stereocenters. The molecular weight excluding hydrogens is 252 g/mol. The molecule has 1 aliphatic rings. The molecule has 1 saturated heterocycles. The molecule has 2 rings (SSSR count). The smallest absolute Gasteiger partial charge is 0.238 e. The topological polar surface area (TPSA) is 41.6 Å². The second-order valence-corrected chi connectivity index (χ2v) is 5.82. The Morgan fingerprint density at radius 2 is 1.95 bits per heavy atom. The molecule has 0 saturated carbocycles. The van der Waals surface area contributed by atoms with Crippen LogP contribution in [0.4, 0.5) is 5.69 Å². The Morgan fingerprint density at radius 1 is 1.30 bits per heavy atom. The van der Waals surface area contributed by atoms with Crippen molar-refractivity contribution >= 4 is 11.6 Å². The predicted octanol–water partition coefficient (Wildman–Crippen LogP) is 2.35. The number of ether oxygens (including phenoxy) is 1. The first-order valence-corrected chi connectivity index (χ1v) is 7.19. The maximum absolute atomic E-state index is 12.1. The summed E-state index contributed by atoms with van der Waals surface area (Å²) in [6, 6.07) is 6.06. The molecule has 4 nitrogen and oxygen atoms in total. The van der Waals surface area contributed by atoms with Crippen molar-refractivity contribution in [3.63, 3.8) is 0 Å². The van der Waals surface area contributed by atoms with Gasteiger partial charge < -0.3 is 10.1 Å². The van der Waals surface area contributed by atoms with Crippen LogP contribution in [0.3, 0.4) is 0 Å². The molecule has 110 valence electrons. The molecule has 0 aliphatic carbocycles. The molecule has 1 aromatic rings. The Bertz CT molecular complexity index is 477. The number of carbonyl (C=O) groups is 1. The van der Waals surface area contributed by atoms with Crippen LogP contribution in [-0.4, -0.2) is 42.6 Å². The van der Waals surface area contributed by atoms with Gasteiger partial charge in [-0.15, -0.1) is 0 Å². The molecular formula is C16H24N2O2. The van der Waals surface area contributed by atoms with Gasteiger partial charge in [0.15, 0.2) is 0 Å². The van der Waals surface area contributed by atoms with Gasteiger partial charge in [-0.2, -0.15) is 0 Å². The van der Waals surface area contributed by atoms with Crippen molar-refractivity contribution in [3.05, 3.63) is 29.3 Å². The SMILES string of the molecule is Cc1ccc(NC(=O)CN2CC(C)OC(C)C2)c(C)c1. The van der Waals surface area contributed by atoms with Gasteiger partial charge in [-0.05, 0) is 39.3 Å². The van der Waals surface area contributed by atoms with Crippen LogP contribution < -0.4 is 5.32 Å². The zero-order chi connectivity index (χ0) is 14.7. The number of anilines is 1. The molecule has 4 heteroatoms. The van der Waals surface area contributed by atoms with Crippen LogP contribution in [-0.2, 0) is 9.53 Å². The summed E-state index contributed by atoms with van der Waals surface area (Å²) >= 11 is 0. The summed E-state index contributed by atoms with van der Waals surface area (Å²) in [4.78, 5) is 14.3. The van der Waals surface area contributed by atoms with E-state index in [-0.39, 0.29) is 18.1 Å². The summed E-state index contributed by atoms with van der Waals surface area (Å²) in [7, 11) is 0. The summed E-state index contributed by atoms with van der Waals surface area (Å²) in [6.07, 6.45) is 0.375. The van der Waals surface area contributed by atoms with E-state index in [0.717, 1.165) is 24.3 Å². The Morgan fingerprint density at radius 3 is 2.55 bits per heavy atom. The van der Waals surface area contributed by atoms with Gasteiger partial charge in [-0.3, -0.25) is 9.69 Å². The zero-order valence-electron chi connectivity index (χ0n) is 12.8. The molecule has 0 spiro atoms. The standard InChI is InChI=1S/C16H24N2O2/c1-11-5-6-15(12(2)7-11)17-16(19)10-18-8-13(3)20-14(4)9-18/h5-7,13-14H,8-10H2,1-4H3,(H,17,19). The van der Waals surface area contributed by atoms with Crippen LogP contribution in [0, 0.1) is 13.8 Å². The Hall–Kier alpha value is -1.39. The highest BCUT2D eigenvalue weighted by Gasteiger charge is 2.23. The Labute approximate surface area is 121 Å². The van der Waals surface area contributed by atoms with Crippen molar-refractivity contribution in [3.8, 4) is 0 Å². The first-order valence-electron chi connectivity index (χ1n) is 7.19. The first kappa shape index (κ1) is 15.0. The average Bonchev–Trinajstić information content (AvgIpc) is 2.31. The molecule has 2 atom stereocenters. The van der Waals surface area contributed by atoms with Gasteiger partial charge in [0, 0.05) is 18.8 Å². The Kier molecular flexibility index (Phi) is 4.78. The molecule has 1 aromatic carbocycles. The van der Waals surface area contributed by atoms with E-state index in [1.165, 1.54) is 5.56 Å². The molecule has 0 radical (unpaired) electrons. The van der Waals surface area contributed by atoms with E-state index in [4.69, 9.17) is 4.74 Å². The van der Waals surface area contributed by atoms with Crippen molar-refractivity contribution in [2.45, 2.75) is 39.9 Å². The fraction of sp³-hybridized carbons (Fsp3) is 0.562. The monoisotopic (exact) mass is 276 g/mol. The van der Waals surface area contributed by atoms with E-state index in [9.17, 15) is 4.79 Å². The maximum atomic E-state index is 12.1. The van der Waals surface area contributed by atoms with Crippen molar-refractivity contribution in [1.29, 1.82) is 0 Å². The van der Waals surface area contributed by atoms with Crippen LogP contribution in [0.25, 0.3) is 0 Å². The average molecular weight is 276 g/mol. The largest absolute Gasteiger partial charge is 0.373 e. The Balaban J connectivity index is 1.92. The molecule has 1 amide bonds. The third-order valence-electron chi connectivity index (χ3n) is 3.52. The number of amides is 1. The van der Waals surface area contributed by atoms with Crippen LogP contribution in [0.15, 0.2) is 18.2 Å². The van der Waals surface area contributed by atoms with E-state index in [2.05, 4.69) is 23.2 Å². The summed E-state index contributed by atoms with van der Waals surface area (Å²) in [5, 5.41) is 2.99. The molecule has 0 aromatic heterocycles. The number of carbonyl (C=O) groups excluding carboxylic acids is 1. The number of benzene rings is 1. The maximum Gasteiger partial charge on any atom is 0.238 e. The van der Waals surface area contributed by atoms with Gasteiger partial charge in [0.25, 0.3) is 0 Å². The summed E-state index contributed by atoms with van der Waals surface area (Å²) in [5.41, 5.74) is 3.20. The lowest BCUT2D eigenvalue weighted by Crippen LogP contribution is -2.48. The lowest BCUT2D eigenvalue weighted by Gasteiger charge is -2.34. The van der Waals surface area contributed by atoms with Gasteiger partial charge in [0.1, 0.15) is 0 Å². The summed E-state index contributed by atoms with van der Waals surface area (Å²) in [6.45, 7) is 10.2. The minimum atomic E-state index is 0.0400. The van der Waals surface area contributed by atoms with E-state index in [0.29, 0.717) is 6.54 Å². The fourth-order valence-corrected chi connectivity index (χ4v) is 2.76. The quantitative estimate of drug-likeness (QED) is 0.921. The minimum Gasteiger partial charge on any atom is -0.373 e. The van der Waals surface area contributed by atoms with Crippen molar-refractivity contribution in [1.82, 2.24) is 4.90 Å². The van der Waals surface area contributed by atoms with Crippen LogP contribution in [0.5, 0.6) is 0 Å². The normalized spacial score (nSPS) is 23.6. The van der Waals surface area contributed by atoms with Crippen LogP contribution in [0.2, 0.25) is 0 Å². The zero-order valence-corrected chi connectivity index (χ0v) is 12.8. The molecule has 0 bridgehead atoms. The van der Waals surface area contributed by atoms with E-state index in [1.807, 2.05) is 32.9 Å². The third-order valence-corrected chi connectivity index (χ3v) is 3.52. The van der Waals surface area contributed by atoms with E-state index >= 15 is 0 Å². The first-order chi connectivity index (χ1) is 9.44. The molecule has 1 fully saturated rings. The molecule has 20 heavy (non-hydrogen) atoms. The summed E-state index contributed by atoms with van der Waals surface area (Å²) < 4.78 is 5.68. The highest BCUT2D eigenvalue weighted by Crippen LogP contribution is 2.16. The van der Waals surface area contributed by atoms with Gasteiger partial charge in [-0.1, -0.05) is 17.7 Å². The van der Waals surface area contributed by atoms with Gasteiger partial charge in [-0.25, -0.2) is 0 Å². The van der Waals surface area contributed by atoms with Crippen molar-refractivity contribution in [2.24, 2.45) is 0 Å². The van der Waals surface area contributed by atoms with Gasteiger partial charge >= 0.3 is 0 Å². The van der Waals surface area contributed by atoms with Crippen molar-refractivity contribution < 1.29 is 9.53 Å². The third kappa shape index (κ3) is 4.05. The number of nitrogens with zero attached hydrogens (tertiary/aromatic N) is 1. The number of hydrogen-bond donors (Lipinski definition) is 1. The molecule has 1 aliphatic heterocycles. The minimum absolute atomic E-state index is 0.0400. The van der Waals surface area contributed by atoms with Gasteiger partial charge in [0.05, 0.1) is 18.8 Å². The number of rotatable bonds is 3. The summed E-state index contributed by atoms with van der Waals surface area (Å²) in [5.74, 6) is 0.0400. The highest BCUT2D eigenvalue weighted by atomic mass is 16.5. The number of nitrogens with one attached hydrogen (secondary N) is 1.